The zero-order valence-corrected chi connectivity index (χ0v) is 12.8. The van der Waals surface area contributed by atoms with Gasteiger partial charge in [-0.25, -0.2) is 0 Å². The second-order valence-corrected chi connectivity index (χ2v) is 6.09. The molecular formula is C17H24O2. The van der Waals surface area contributed by atoms with Crippen molar-refractivity contribution in [3.63, 3.8) is 0 Å². The molecule has 1 saturated carbocycles. The zero-order chi connectivity index (χ0) is 14.8. The summed E-state index contributed by atoms with van der Waals surface area (Å²) in [4.78, 5) is 12.2. The van der Waals surface area contributed by atoms with Crippen LogP contribution in [0, 0.1) is 29.6 Å². The first kappa shape index (κ1) is 15.6. The first-order valence-electron chi connectivity index (χ1n) is 6.70. The van der Waals surface area contributed by atoms with Crippen molar-refractivity contribution in [1.82, 2.24) is 0 Å². The Morgan fingerprint density at radius 1 is 1.37 bits per heavy atom. The summed E-state index contributed by atoms with van der Waals surface area (Å²) in [6, 6.07) is 0. The van der Waals surface area contributed by atoms with Gasteiger partial charge in [-0.3, -0.25) is 4.79 Å². The van der Waals surface area contributed by atoms with Gasteiger partial charge in [0.05, 0.1) is 5.92 Å². The highest BCUT2D eigenvalue weighted by atomic mass is 16.5. The molecule has 0 saturated heterocycles. The Morgan fingerprint density at radius 3 is 2.37 bits per heavy atom. The number of rotatable bonds is 4. The van der Waals surface area contributed by atoms with Crippen molar-refractivity contribution in [3.05, 3.63) is 23.3 Å². The van der Waals surface area contributed by atoms with Crippen LogP contribution in [-0.4, -0.2) is 12.1 Å². The molecule has 0 bridgehead atoms. The molecule has 0 aromatic rings. The minimum atomic E-state index is -0.541. The molecule has 0 amide bonds. The number of hydrogen-bond acceptors (Lipinski definition) is 2. The maximum Gasteiger partial charge on any atom is 0.311 e. The van der Waals surface area contributed by atoms with Gasteiger partial charge in [-0.1, -0.05) is 37.5 Å². The maximum atomic E-state index is 12.2. The predicted octanol–water partition coefficient (Wildman–Crippen LogP) is 3.74. The monoisotopic (exact) mass is 260 g/mol. The fourth-order valence-electron chi connectivity index (χ4n) is 2.40. The van der Waals surface area contributed by atoms with Crippen molar-refractivity contribution in [2.75, 3.05) is 0 Å². The van der Waals surface area contributed by atoms with Crippen LogP contribution in [-0.2, 0) is 9.53 Å². The number of carbonyl (C=O) groups is 1. The summed E-state index contributed by atoms with van der Waals surface area (Å²) in [6.45, 7) is 12.0. The van der Waals surface area contributed by atoms with Crippen LogP contribution in [0.15, 0.2) is 23.3 Å². The van der Waals surface area contributed by atoms with Crippen LogP contribution in [0.25, 0.3) is 0 Å². The summed E-state index contributed by atoms with van der Waals surface area (Å²) in [7, 11) is 0. The SMILES string of the molecule is C#CC(OC(=O)C1C(C=C(C)C)C1(C)C)C(C)=CC. The average molecular weight is 260 g/mol. The fourth-order valence-corrected chi connectivity index (χ4v) is 2.40. The van der Waals surface area contributed by atoms with Gasteiger partial charge in [0.15, 0.2) is 6.10 Å². The summed E-state index contributed by atoms with van der Waals surface area (Å²) < 4.78 is 5.45. The van der Waals surface area contributed by atoms with Crippen LogP contribution >= 0.6 is 0 Å². The van der Waals surface area contributed by atoms with E-state index in [9.17, 15) is 4.79 Å². The summed E-state index contributed by atoms with van der Waals surface area (Å²) in [6.07, 6.45) is 8.91. The Morgan fingerprint density at radius 2 is 1.95 bits per heavy atom. The van der Waals surface area contributed by atoms with Crippen molar-refractivity contribution in [1.29, 1.82) is 0 Å². The van der Waals surface area contributed by atoms with Crippen molar-refractivity contribution >= 4 is 5.97 Å². The second kappa shape index (κ2) is 5.65. The predicted molar refractivity (Wildman–Crippen MR) is 78.3 cm³/mol. The first-order valence-corrected chi connectivity index (χ1v) is 6.70. The van der Waals surface area contributed by atoms with E-state index in [1.54, 1.807) is 0 Å². The standard InChI is InChI=1S/C17H24O2/c1-8-12(5)14(9-2)19-16(18)15-13(10-11(3)4)17(15,6)7/h2,8,10,13-15H,1,3-7H3. The van der Waals surface area contributed by atoms with E-state index in [4.69, 9.17) is 11.2 Å². The van der Waals surface area contributed by atoms with E-state index >= 15 is 0 Å². The number of esters is 1. The lowest BCUT2D eigenvalue weighted by Gasteiger charge is -2.13. The Hall–Kier alpha value is -1.49. The summed E-state index contributed by atoms with van der Waals surface area (Å²) in [5.74, 6) is 2.52. The molecule has 1 rings (SSSR count). The van der Waals surface area contributed by atoms with Crippen LogP contribution in [0.1, 0.15) is 41.5 Å². The maximum absolute atomic E-state index is 12.2. The van der Waals surface area contributed by atoms with Crippen LogP contribution in [0.3, 0.4) is 0 Å². The molecule has 3 atom stereocenters. The largest absolute Gasteiger partial charge is 0.444 e. The van der Waals surface area contributed by atoms with Crippen molar-refractivity contribution in [3.8, 4) is 12.3 Å². The van der Waals surface area contributed by atoms with E-state index in [1.165, 1.54) is 5.57 Å². The van der Waals surface area contributed by atoms with E-state index in [0.717, 1.165) is 5.57 Å². The topological polar surface area (TPSA) is 26.3 Å². The Labute approximate surface area is 116 Å². The lowest BCUT2D eigenvalue weighted by Crippen LogP contribution is -2.20. The minimum absolute atomic E-state index is 0.0304. The molecule has 2 heteroatoms. The van der Waals surface area contributed by atoms with Gasteiger partial charge < -0.3 is 4.74 Å². The average Bonchev–Trinajstić information content (AvgIpc) is 2.85. The molecule has 3 unspecified atom stereocenters. The molecular weight excluding hydrogens is 236 g/mol. The third-order valence-corrected chi connectivity index (χ3v) is 3.93. The highest BCUT2D eigenvalue weighted by Crippen LogP contribution is 2.59. The van der Waals surface area contributed by atoms with Gasteiger partial charge in [0.1, 0.15) is 0 Å². The normalized spacial score (nSPS) is 26.1. The quantitative estimate of drug-likeness (QED) is 0.437. The lowest BCUT2D eigenvalue weighted by atomic mass is 10.1. The second-order valence-electron chi connectivity index (χ2n) is 6.09. The Kier molecular flexibility index (Phi) is 4.63. The van der Waals surface area contributed by atoms with Gasteiger partial charge in [0, 0.05) is 0 Å². The molecule has 0 aliphatic heterocycles. The van der Waals surface area contributed by atoms with Crippen LogP contribution in [0.4, 0.5) is 0 Å². The molecule has 19 heavy (non-hydrogen) atoms. The molecule has 0 radical (unpaired) electrons. The summed E-state index contributed by atoms with van der Waals surface area (Å²) in [5.41, 5.74) is 2.09. The highest BCUT2D eigenvalue weighted by Gasteiger charge is 2.61. The molecule has 1 aliphatic carbocycles. The van der Waals surface area contributed by atoms with E-state index < -0.39 is 6.10 Å². The molecule has 0 heterocycles. The molecule has 0 aromatic heterocycles. The van der Waals surface area contributed by atoms with Gasteiger partial charge in [-0.15, -0.1) is 6.42 Å². The minimum Gasteiger partial charge on any atom is -0.444 e. The summed E-state index contributed by atoms with van der Waals surface area (Å²) >= 11 is 0. The number of allylic oxidation sites excluding steroid dienone is 3. The van der Waals surface area contributed by atoms with Gasteiger partial charge in [0.2, 0.25) is 0 Å². The smallest absolute Gasteiger partial charge is 0.311 e. The number of carbonyl (C=O) groups excluding carboxylic acids is 1. The highest BCUT2D eigenvalue weighted by molar-refractivity contribution is 5.79. The van der Waals surface area contributed by atoms with Gasteiger partial charge in [0.25, 0.3) is 0 Å². The zero-order valence-electron chi connectivity index (χ0n) is 12.8. The van der Waals surface area contributed by atoms with E-state index in [0.29, 0.717) is 0 Å². The molecule has 0 spiro atoms. The number of terminal acetylenes is 1. The van der Waals surface area contributed by atoms with Gasteiger partial charge in [-0.2, -0.15) is 0 Å². The van der Waals surface area contributed by atoms with Gasteiger partial charge >= 0.3 is 5.97 Å². The number of ether oxygens (including phenoxy) is 1. The van der Waals surface area contributed by atoms with Crippen molar-refractivity contribution in [2.45, 2.75) is 47.6 Å². The summed E-state index contributed by atoms with van der Waals surface area (Å²) in [5, 5.41) is 0. The van der Waals surface area contributed by atoms with Gasteiger partial charge in [-0.05, 0) is 44.6 Å². The number of hydrogen-bond donors (Lipinski definition) is 0. The third kappa shape index (κ3) is 3.29. The van der Waals surface area contributed by atoms with E-state index in [-0.39, 0.29) is 23.2 Å². The van der Waals surface area contributed by atoms with Crippen LogP contribution in [0.5, 0.6) is 0 Å². The molecule has 1 aliphatic rings. The lowest BCUT2D eigenvalue weighted by molar-refractivity contribution is -0.147. The fraction of sp³-hybridized carbons (Fsp3) is 0.588. The van der Waals surface area contributed by atoms with Crippen molar-refractivity contribution < 1.29 is 9.53 Å². The molecule has 2 nitrogen and oxygen atoms in total. The van der Waals surface area contributed by atoms with Crippen LogP contribution in [0.2, 0.25) is 0 Å². The molecule has 104 valence electrons. The molecule has 1 fully saturated rings. The van der Waals surface area contributed by atoms with Crippen molar-refractivity contribution in [2.24, 2.45) is 17.3 Å². The Bertz CT molecular complexity index is 456. The Balaban J connectivity index is 2.76. The van der Waals surface area contributed by atoms with Crippen LogP contribution < -0.4 is 0 Å². The third-order valence-electron chi connectivity index (χ3n) is 3.93. The molecule has 0 N–H and O–H groups in total. The van der Waals surface area contributed by atoms with E-state index in [1.807, 2.05) is 33.8 Å². The first-order chi connectivity index (χ1) is 8.75. The van der Waals surface area contributed by atoms with E-state index in [2.05, 4.69) is 25.8 Å². The molecule has 0 aromatic carbocycles.